The minimum absolute atomic E-state index is 0.237. The predicted octanol–water partition coefficient (Wildman–Crippen LogP) is 0.470. The first-order valence-electron chi connectivity index (χ1n) is 6.44. The fourth-order valence-electron chi connectivity index (χ4n) is 2.22. The van der Waals surface area contributed by atoms with E-state index in [1.54, 1.807) is 22.5 Å². The van der Waals surface area contributed by atoms with Crippen LogP contribution >= 0.6 is 0 Å². The highest BCUT2D eigenvalue weighted by Gasteiger charge is 2.30. The summed E-state index contributed by atoms with van der Waals surface area (Å²) in [5.41, 5.74) is 6.40. The monoisotopic (exact) mass is 283 g/mol. The molecule has 0 aromatic heterocycles. The van der Waals surface area contributed by atoms with Gasteiger partial charge in [0, 0.05) is 32.2 Å². The van der Waals surface area contributed by atoms with E-state index in [0.29, 0.717) is 24.5 Å². The first kappa shape index (κ1) is 14.5. The molecule has 1 aliphatic heterocycles. The van der Waals surface area contributed by atoms with Gasteiger partial charge < -0.3 is 10.6 Å². The Labute approximate surface area is 115 Å². The zero-order valence-corrected chi connectivity index (χ0v) is 12.2. The van der Waals surface area contributed by atoms with E-state index in [-0.39, 0.29) is 6.04 Å². The number of rotatable bonds is 3. The molecule has 19 heavy (non-hydrogen) atoms. The lowest BCUT2D eigenvalue weighted by Gasteiger charge is -2.36. The van der Waals surface area contributed by atoms with Crippen molar-refractivity contribution in [2.75, 3.05) is 26.7 Å². The van der Waals surface area contributed by atoms with E-state index in [1.165, 1.54) is 0 Å². The maximum absolute atomic E-state index is 12.6. The molecule has 2 N–H and O–H groups in total. The molecule has 0 bridgehead atoms. The van der Waals surface area contributed by atoms with Gasteiger partial charge in [0.25, 0.3) is 0 Å². The second kappa shape index (κ2) is 5.58. The van der Waals surface area contributed by atoms with E-state index < -0.39 is 10.0 Å². The van der Waals surface area contributed by atoms with Crippen LogP contribution in [-0.4, -0.2) is 50.3 Å². The van der Waals surface area contributed by atoms with Crippen molar-refractivity contribution in [1.82, 2.24) is 9.21 Å². The molecule has 1 heterocycles. The summed E-state index contributed by atoms with van der Waals surface area (Å²) >= 11 is 0. The van der Waals surface area contributed by atoms with Crippen LogP contribution in [0.2, 0.25) is 0 Å². The van der Waals surface area contributed by atoms with E-state index >= 15 is 0 Å². The van der Waals surface area contributed by atoms with Gasteiger partial charge in [0.15, 0.2) is 0 Å². The molecule has 0 saturated carbocycles. The molecule has 0 amide bonds. The highest BCUT2D eigenvalue weighted by Crippen LogP contribution is 2.20. The predicted molar refractivity (Wildman–Crippen MR) is 75.2 cm³/mol. The van der Waals surface area contributed by atoms with E-state index in [2.05, 4.69) is 4.90 Å². The molecule has 0 radical (unpaired) electrons. The van der Waals surface area contributed by atoms with Crippen LogP contribution in [0, 0.1) is 0 Å². The third-order valence-electron chi connectivity index (χ3n) is 3.69. The largest absolute Gasteiger partial charge is 0.326 e. The van der Waals surface area contributed by atoms with Crippen LogP contribution in [0.1, 0.15) is 12.5 Å². The van der Waals surface area contributed by atoms with Crippen LogP contribution in [-0.2, 0) is 16.6 Å². The van der Waals surface area contributed by atoms with Crippen LogP contribution in [0.3, 0.4) is 0 Å². The summed E-state index contributed by atoms with van der Waals surface area (Å²) in [6.07, 6.45) is 0. The van der Waals surface area contributed by atoms with Gasteiger partial charge in [-0.3, -0.25) is 0 Å². The molecule has 5 nitrogen and oxygen atoms in total. The quantitative estimate of drug-likeness (QED) is 0.875. The third-order valence-corrected chi connectivity index (χ3v) is 5.56. The molecule has 1 unspecified atom stereocenters. The van der Waals surface area contributed by atoms with E-state index in [9.17, 15) is 8.42 Å². The maximum atomic E-state index is 12.6. The Kier molecular flexibility index (Phi) is 4.25. The van der Waals surface area contributed by atoms with Crippen molar-refractivity contribution >= 4 is 10.0 Å². The Hall–Kier alpha value is -0.950. The summed E-state index contributed by atoms with van der Waals surface area (Å²) in [5, 5.41) is 0. The zero-order chi connectivity index (χ0) is 14.0. The number of nitrogens with two attached hydrogens (primary N) is 1. The summed E-state index contributed by atoms with van der Waals surface area (Å²) in [6, 6.07) is 7.12. The summed E-state index contributed by atoms with van der Waals surface area (Å²) in [7, 11) is -1.38. The molecule has 1 aromatic rings. The summed E-state index contributed by atoms with van der Waals surface area (Å²) in [5.74, 6) is 0. The lowest BCUT2D eigenvalue weighted by molar-refractivity contribution is 0.159. The van der Waals surface area contributed by atoms with Gasteiger partial charge in [-0.1, -0.05) is 12.1 Å². The van der Waals surface area contributed by atoms with Gasteiger partial charge in [0.2, 0.25) is 10.0 Å². The van der Waals surface area contributed by atoms with Crippen molar-refractivity contribution in [3.05, 3.63) is 29.8 Å². The smallest absolute Gasteiger partial charge is 0.243 e. The average molecular weight is 283 g/mol. The fourth-order valence-corrected chi connectivity index (χ4v) is 3.80. The van der Waals surface area contributed by atoms with E-state index in [4.69, 9.17) is 5.73 Å². The van der Waals surface area contributed by atoms with Crippen molar-refractivity contribution in [1.29, 1.82) is 0 Å². The molecule has 0 aliphatic carbocycles. The molecule has 0 spiro atoms. The first-order valence-corrected chi connectivity index (χ1v) is 7.88. The molecule has 1 aromatic carbocycles. The molecule has 2 rings (SSSR count). The lowest BCUT2D eigenvalue weighted by atomic mass is 10.2. The maximum Gasteiger partial charge on any atom is 0.243 e. The van der Waals surface area contributed by atoms with Crippen LogP contribution in [0.25, 0.3) is 0 Å². The molecule has 1 aliphatic rings. The Morgan fingerprint density at radius 2 is 2.11 bits per heavy atom. The van der Waals surface area contributed by atoms with Gasteiger partial charge in [0.05, 0.1) is 4.90 Å². The first-order chi connectivity index (χ1) is 8.95. The average Bonchev–Trinajstić information content (AvgIpc) is 2.41. The minimum atomic E-state index is -3.40. The molecule has 106 valence electrons. The molecule has 1 saturated heterocycles. The standard InChI is InChI=1S/C13H21N3O2S/c1-11-10-16(7-6-15(11)2)19(17,18)13-5-3-4-12(8-13)9-14/h3-5,8,11H,6-7,9-10,14H2,1-2H3. The fraction of sp³-hybridized carbons (Fsp3) is 0.538. The van der Waals surface area contributed by atoms with Crippen LogP contribution in [0.5, 0.6) is 0 Å². The Bertz CT molecular complexity index is 545. The lowest BCUT2D eigenvalue weighted by Crippen LogP contribution is -2.51. The van der Waals surface area contributed by atoms with Gasteiger partial charge >= 0.3 is 0 Å². The number of piperazine rings is 1. The second-order valence-corrected chi connectivity index (χ2v) is 6.98. The number of sulfonamides is 1. The number of hydrogen-bond donors (Lipinski definition) is 1. The SMILES string of the molecule is CC1CN(S(=O)(=O)c2cccc(CN)c2)CCN1C. The summed E-state index contributed by atoms with van der Waals surface area (Å²) in [6.45, 7) is 4.22. The topological polar surface area (TPSA) is 66.6 Å². The van der Waals surface area contributed by atoms with E-state index in [1.807, 2.05) is 20.0 Å². The third kappa shape index (κ3) is 2.97. The van der Waals surface area contributed by atoms with Crippen LogP contribution < -0.4 is 5.73 Å². The van der Waals surface area contributed by atoms with Gasteiger partial charge in [-0.15, -0.1) is 0 Å². The highest BCUT2D eigenvalue weighted by atomic mass is 32.2. The van der Waals surface area contributed by atoms with E-state index in [0.717, 1.165) is 12.1 Å². The number of nitrogens with zero attached hydrogens (tertiary/aromatic N) is 2. The Morgan fingerprint density at radius 3 is 2.74 bits per heavy atom. The Balaban J connectivity index is 2.27. The minimum Gasteiger partial charge on any atom is -0.326 e. The second-order valence-electron chi connectivity index (χ2n) is 5.04. The normalized spacial score (nSPS) is 22.6. The number of benzene rings is 1. The number of hydrogen-bond acceptors (Lipinski definition) is 4. The van der Waals surface area contributed by atoms with Gasteiger partial charge in [0.1, 0.15) is 0 Å². The molecular formula is C13H21N3O2S. The van der Waals surface area contributed by atoms with Gasteiger partial charge in [-0.05, 0) is 31.7 Å². The molecule has 1 fully saturated rings. The molecule has 6 heteroatoms. The van der Waals surface area contributed by atoms with Gasteiger partial charge in [-0.2, -0.15) is 4.31 Å². The van der Waals surface area contributed by atoms with Crippen molar-refractivity contribution in [2.45, 2.75) is 24.4 Å². The Morgan fingerprint density at radius 1 is 1.37 bits per heavy atom. The zero-order valence-electron chi connectivity index (χ0n) is 11.4. The van der Waals surface area contributed by atoms with Crippen LogP contribution in [0.4, 0.5) is 0 Å². The van der Waals surface area contributed by atoms with Crippen molar-refractivity contribution in [3.63, 3.8) is 0 Å². The van der Waals surface area contributed by atoms with Crippen LogP contribution in [0.15, 0.2) is 29.2 Å². The summed E-state index contributed by atoms with van der Waals surface area (Å²) < 4.78 is 26.7. The molecule has 1 atom stereocenters. The van der Waals surface area contributed by atoms with Crippen molar-refractivity contribution in [2.24, 2.45) is 5.73 Å². The highest BCUT2D eigenvalue weighted by molar-refractivity contribution is 7.89. The van der Waals surface area contributed by atoms with Gasteiger partial charge in [-0.25, -0.2) is 8.42 Å². The van der Waals surface area contributed by atoms with Crippen molar-refractivity contribution < 1.29 is 8.42 Å². The number of likely N-dealkylation sites (N-methyl/N-ethyl adjacent to an activating group) is 1. The molecular weight excluding hydrogens is 262 g/mol. The van der Waals surface area contributed by atoms with Crippen molar-refractivity contribution in [3.8, 4) is 0 Å². The summed E-state index contributed by atoms with van der Waals surface area (Å²) in [4.78, 5) is 2.51.